The van der Waals surface area contributed by atoms with Crippen LogP contribution in [0.1, 0.15) is 48.5 Å². The van der Waals surface area contributed by atoms with Crippen molar-refractivity contribution in [1.82, 2.24) is 9.78 Å². The molecule has 7 heteroatoms. The maximum absolute atomic E-state index is 12.6. The first kappa shape index (κ1) is 19.1. The highest BCUT2D eigenvalue weighted by Gasteiger charge is 2.18. The summed E-state index contributed by atoms with van der Waals surface area (Å²) in [5.74, 6) is 0.283. The summed E-state index contributed by atoms with van der Waals surface area (Å²) in [4.78, 5) is 12.6. The minimum Gasteiger partial charge on any atom is -0.494 e. The van der Waals surface area contributed by atoms with Crippen molar-refractivity contribution in [3.8, 4) is 5.75 Å². The minimum atomic E-state index is -0.282. The van der Waals surface area contributed by atoms with Crippen molar-refractivity contribution < 1.29 is 9.53 Å². The van der Waals surface area contributed by atoms with E-state index in [0.29, 0.717) is 33.1 Å². The monoisotopic (exact) mass is 417 g/mol. The molecule has 0 radical (unpaired) electrons. The van der Waals surface area contributed by atoms with Gasteiger partial charge in [-0.1, -0.05) is 42.5 Å². The summed E-state index contributed by atoms with van der Waals surface area (Å²) < 4.78 is 7.54. The average Bonchev–Trinajstić information content (AvgIpc) is 3.13. The fourth-order valence-electron chi connectivity index (χ4n) is 3.70. The highest BCUT2D eigenvalue weighted by molar-refractivity contribution is 6.42. The molecule has 1 aliphatic rings. The van der Waals surface area contributed by atoms with Gasteiger partial charge in [-0.3, -0.25) is 9.48 Å². The Morgan fingerprint density at radius 3 is 2.64 bits per heavy atom. The van der Waals surface area contributed by atoms with Crippen LogP contribution in [0.4, 0.5) is 5.69 Å². The fourth-order valence-corrected chi connectivity index (χ4v) is 4.00. The van der Waals surface area contributed by atoms with Gasteiger partial charge in [0.05, 0.1) is 34.4 Å². The Hall–Kier alpha value is -2.24. The van der Waals surface area contributed by atoms with Crippen LogP contribution in [-0.4, -0.2) is 22.8 Å². The van der Waals surface area contributed by atoms with Crippen LogP contribution in [0.3, 0.4) is 0 Å². The Morgan fingerprint density at radius 1 is 1.14 bits per heavy atom. The molecule has 2 aromatic carbocycles. The van der Waals surface area contributed by atoms with Crippen LogP contribution in [0, 0.1) is 0 Å². The van der Waals surface area contributed by atoms with Gasteiger partial charge in [-0.25, -0.2) is 0 Å². The van der Waals surface area contributed by atoms with Gasteiger partial charge in [0, 0.05) is 23.2 Å². The summed E-state index contributed by atoms with van der Waals surface area (Å²) >= 11 is 12.0. The Balaban J connectivity index is 1.63. The third-order valence-electron chi connectivity index (χ3n) is 5.22. The molecule has 0 aliphatic heterocycles. The molecular formula is C21H21Cl2N3O2. The largest absolute Gasteiger partial charge is 0.494 e. The predicted molar refractivity (Wildman–Crippen MR) is 113 cm³/mol. The van der Waals surface area contributed by atoms with Crippen molar-refractivity contribution in [3.05, 3.63) is 52.1 Å². The molecule has 1 fully saturated rings. The first-order valence-electron chi connectivity index (χ1n) is 9.38. The maximum Gasteiger partial charge on any atom is 0.255 e. The standard InChI is InChI=1S/C21H21Cl2N3O2/c1-28-20-11-18-14(12-26(25-18)15-5-3-2-4-6-15)10-19(20)24-21(27)13-7-8-16(22)17(23)9-13/h7-12,15H,2-6H2,1H3,(H,24,27). The number of benzene rings is 2. The molecule has 1 amide bonds. The van der Waals surface area contributed by atoms with Gasteiger partial charge in [0.2, 0.25) is 0 Å². The third kappa shape index (κ3) is 3.82. The molecular weight excluding hydrogens is 397 g/mol. The first-order chi connectivity index (χ1) is 13.5. The molecule has 1 heterocycles. The van der Waals surface area contributed by atoms with Gasteiger partial charge < -0.3 is 10.1 Å². The summed E-state index contributed by atoms with van der Waals surface area (Å²) in [5.41, 5.74) is 1.87. The zero-order chi connectivity index (χ0) is 19.7. The number of nitrogens with zero attached hydrogens (tertiary/aromatic N) is 2. The number of hydrogen-bond donors (Lipinski definition) is 1. The number of carbonyl (C=O) groups excluding carboxylic acids is 1. The van der Waals surface area contributed by atoms with E-state index in [-0.39, 0.29) is 5.91 Å². The Bertz CT molecular complexity index is 1030. The van der Waals surface area contributed by atoms with E-state index in [4.69, 9.17) is 33.0 Å². The number of hydrogen-bond acceptors (Lipinski definition) is 3. The molecule has 1 N–H and O–H groups in total. The van der Waals surface area contributed by atoms with Crippen LogP contribution in [0.25, 0.3) is 10.9 Å². The lowest BCUT2D eigenvalue weighted by Crippen LogP contribution is -2.12. The molecule has 0 atom stereocenters. The van der Waals surface area contributed by atoms with Gasteiger partial charge in [0.15, 0.2) is 0 Å². The molecule has 0 unspecified atom stereocenters. The number of carbonyl (C=O) groups is 1. The lowest BCUT2D eigenvalue weighted by Gasteiger charge is -2.21. The molecule has 0 saturated heterocycles. The van der Waals surface area contributed by atoms with Gasteiger partial charge in [-0.15, -0.1) is 0 Å². The molecule has 4 rings (SSSR count). The van der Waals surface area contributed by atoms with Crippen LogP contribution in [-0.2, 0) is 0 Å². The van der Waals surface area contributed by atoms with E-state index in [1.54, 1.807) is 25.3 Å². The second kappa shape index (κ2) is 8.02. The topological polar surface area (TPSA) is 56.1 Å². The second-order valence-corrected chi connectivity index (χ2v) is 7.91. The summed E-state index contributed by atoms with van der Waals surface area (Å²) in [5, 5.41) is 9.36. The number of nitrogens with one attached hydrogen (secondary N) is 1. The van der Waals surface area contributed by atoms with E-state index in [0.717, 1.165) is 23.7 Å². The molecule has 3 aromatic rings. The van der Waals surface area contributed by atoms with Crippen molar-refractivity contribution in [3.63, 3.8) is 0 Å². The van der Waals surface area contributed by atoms with Crippen LogP contribution < -0.4 is 10.1 Å². The summed E-state index contributed by atoms with van der Waals surface area (Å²) in [7, 11) is 1.58. The zero-order valence-corrected chi connectivity index (χ0v) is 17.1. The van der Waals surface area contributed by atoms with E-state index < -0.39 is 0 Å². The van der Waals surface area contributed by atoms with Gasteiger partial charge >= 0.3 is 0 Å². The van der Waals surface area contributed by atoms with E-state index in [1.807, 2.05) is 12.1 Å². The van der Waals surface area contributed by atoms with Crippen LogP contribution >= 0.6 is 23.2 Å². The fraction of sp³-hybridized carbons (Fsp3) is 0.333. The van der Waals surface area contributed by atoms with Crippen molar-refractivity contribution in [1.29, 1.82) is 0 Å². The molecule has 146 valence electrons. The number of aromatic nitrogens is 2. The number of ether oxygens (including phenoxy) is 1. The summed E-state index contributed by atoms with van der Waals surface area (Å²) in [6.07, 6.45) is 8.16. The number of anilines is 1. The van der Waals surface area contributed by atoms with E-state index in [1.165, 1.54) is 19.3 Å². The van der Waals surface area contributed by atoms with Crippen molar-refractivity contribution in [2.75, 3.05) is 12.4 Å². The highest BCUT2D eigenvalue weighted by Crippen LogP contribution is 2.33. The molecule has 5 nitrogen and oxygen atoms in total. The Kier molecular flexibility index (Phi) is 5.47. The average molecular weight is 418 g/mol. The zero-order valence-electron chi connectivity index (χ0n) is 15.5. The number of fused-ring (bicyclic) bond motifs is 1. The van der Waals surface area contributed by atoms with E-state index in [9.17, 15) is 4.79 Å². The van der Waals surface area contributed by atoms with Crippen molar-refractivity contribution in [2.24, 2.45) is 0 Å². The van der Waals surface area contributed by atoms with Gasteiger partial charge in [-0.05, 0) is 37.1 Å². The van der Waals surface area contributed by atoms with Crippen molar-refractivity contribution in [2.45, 2.75) is 38.1 Å². The van der Waals surface area contributed by atoms with Crippen LogP contribution in [0.2, 0.25) is 10.0 Å². The molecule has 0 spiro atoms. The minimum absolute atomic E-state index is 0.282. The molecule has 28 heavy (non-hydrogen) atoms. The molecule has 1 aliphatic carbocycles. The van der Waals surface area contributed by atoms with E-state index >= 15 is 0 Å². The van der Waals surface area contributed by atoms with E-state index in [2.05, 4.69) is 16.2 Å². The van der Waals surface area contributed by atoms with Crippen molar-refractivity contribution >= 4 is 45.7 Å². The molecule has 1 aromatic heterocycles. The first-order valence-corrected chi connectivity index (χ1v) is 10.1. The van der Waals surface area contributed by atoms with Crippen LogP contribution in [0.15, 0.2) is 36.5 Å². The lowest BCUT2D eigenvalue weighted by atomic mass is 9.96. The maximum atomic E-state index is 12.6. The number of methoxy groups -OCH3 is 1. The third-order valence-corrected chi connectivity index (χ3v) is 5.96. The van der Waals surface area contributed by atoms with Gasteiger partial charge in [-0.2, -0.15) is 5.10 Å². The van der Waals surface area contributed by atoms with Gasteiger partial charge in [0.25, 0.3) is 5.91 Å². The normalized spacial score (nSPS) is 15.0. The number of rotatable bonds is 4. The molecule has 0 bridgehead atoms. The second-order valence-electron chi connectivity index (χ2n) is 7.10. The lowest BCUT2D eigenvalue weighted by molar-refractivity contribution is 0.102. The van der Waals surface area contributed by atoms with Gasteiger partial charge in [0.1, 0.15) is 5.75 Å². The predicted octanol–water partition coefficient (Wildman–Crippen LogP) is 6.11. The van der Waals surface area contributed by atoms with Crippen LogP contribution in [0.5, 0.6) is 5.75 Å². The summed E-state index contributed by atoms with van der Waals surface area (Å²) in [6.45, 7) is 0. The smallest absolute Gasteiger partial charge is 0.255 e. The SMILES string of the molecule is COc1cc2nn(C3CCCCC3)cc2cc1NC(=O)c1ccc(Cl)c(Cl)c1. The highest BCUT2D eigenvalue weighted by atomic mass is 35.5. The number of halogens is 2. The molecule has 1 saturated carbocycles. The summed E-state index contributed by atoms with van der Waals surface area (Å²) in [6, 6.07) is 8.99. The number of amides is 1. The Morgan fingerprint density at radius 2 is 1.93 bits per heavy atom. The Labute approximate surface area is 173 Å². The quantitative estimate of drug-likeness (QED) is 0.556.